The molecule has 0 N–H and O–H groups in total. The number of thiophene rings is 1. The normalized spacial score (nSPS) is 13.9. The van der Waals surface area contributed by atoms with Crippen molar-refractivity contribution in [3.63, 3.8) is 0 Å². The molecule has 1 aromatic heterocycles. The van der Waals surface area contributed by atoms with Gasteiger partial charge >= 0.3 is 0 Å². The molecule has 0 unspecified atom stereocenters. The third kappa shape index (κ3) is 3.99. The van der Waals surface area contributed by atoms with Gasteiger partial charge in [0, 0.05) is 9.75 Å². The van der Waals surface area contributed by atoms with E-state index in [1.807, 2.05) is 11.3 Å². The van der Waals surface area contributed by atoms with Crippen LogP contribution in [0.3, 0.4) is 0 Å². The molecule has 6 aromatic rings. The van der Waals surface area contributed by atoms with Gasteiger partial charge in [0.25, 0.3) is 0 Å². The van der Waals surface area contributed by atoms with Crippen molar-refractivity contribution in [3.05, 3.63) is 126 Å². The molecule has 0 atom stereocenters. The Morgan fingerprint density at radius 2 is 1.00 bits per heavy atom. The van der Waals surface area contributed by atoms with Crippen molar-refractivity contribution in [3.8, 4) is 32.0 Å². The summed E-state index contributed by atoms with van der Waals surface area (Å²) in [6, 6.07) is 42.5. The maximum absolute atomic E-state index is 2.39. The van der Waals surface area contributed by atoms with Gasteiger partial charge in [0.1, 0.15) is 0 Å². The van der Waals surface area contributed by atoms with Crippen LogP contribution in [0.2, 0.25) is 0 Å². The van der Waals surface area contributed by atoms with Crippen LogP contribution in [0.15, 0.2) is 121 Å². The van der Waals surface area contributed by atoms with E-state index in [9.17, 15) is 0 Å². The molecule has 7 rings (SSSR count). The van der Waals surface area contributed by atoms with Crippen molar-refractivity contribution in [1.29, 1.82) is 0 Å². The molecule has 0 radical (unpaired) electrons. The fourth-order valence-corrected chi connectivity index (χ4v) is 7.25. The summed E-state index contributed by atoms with van der Waals surface area (Å²) in [7, 11) is 0. The lowest BCUT2D eigenvalue weighted by Crippen LogP contribution is -2.00. The fraction of sp³-hybridized carbons (Fsp3) is 0.135. The number of rotatable bonds is 4. The summed E-state index contributed by atoms with van der Waals surface area (Å²) in [5.41, 5.74) is 9.77. The average molecular weight is 507 g/mol. The standard InChI is InChI=1S/C37H30S/c1-25-12-5-6-17-29(25)37-32-20-9-7-18-30(32)36(31-19-8-10-21-33(31)37)28-16-11-15-27(24-28)35-23-22-34(38-35)26-13-3-2-4-14-26/h2-4,7-11,13-16,18-24H,5-6,12,17H2,1H3. The number of hydrogen-bond acceptors (Lipinski definition) is 1. The second-order valence-electron chi connectivity index (χ2n) is 10.4. The summed E-state index contributed by atoms with van der Waals surface area (Å²) in [5.74, 6) is 0. The lowest BCUT2D eigenvalue weighted by molar-refractivity contribution is 0.715. The van der Waals surface area contributed by atoms with Crippen molar-refractivity contribution in [2.75, 3.05) is 0 Å². The second kappa shape index (κ2) is 9.74. The van der Waals surface area contributed by atoms with E-state index in [0.717, 1.165) is 0 Å². The molecule has 184 valence electrons. The van der Waals surface area contributed by atoms with Crippen molar-refractivity contribution < 1.29 is 0 Å². The van der Waals surface area contributed by atoms with Crippen molar-refractivity contribution in [1.82, 2.24) is 0 Å². The molecule has 0 fully saturated rings. The lowest BCUT2D eigenvalue weighted by Gasteiger charge is -2.23. The summed E-state index contributed by atoms with van der Waals surface area (Å²) in [4.78, 5) is 2.61. The Morgan fingerprint density at radius 3 is 1.66 bits per heavy atom. The molecule has 0 saturated heterocycles. The molecule has 1 aliphatic carbocycles. The van der Waals surface area contributed by atoms with E-state index in [1.54, 1.807) is 11.1 Å². The highest BCUT2D eigenvalue weighted by molar-refractivity contribution is 7.18. The lowest BCUT2D eigenvalue weighted by atomic mass is 9.81. The van der Waals surface area contributed by atoms with Gasteiger partial charge in [0.2, 0.25) is 0 Å². The van der Waals surface area contributed by atoms with E-state index in [1.165, 1.54) is 84.8 Å². The highest BCUT2D eigenvalue weighted by Crippen LogP contribution is 2.45. The number of fused-ring (bicyclic) bond motifs is 2. The minimum Gasteiger partial charge on any atom is -0.135 e. The average Bonchev–Trinajstić information content (AvgIpc) is 3.48. The summed E-state index contributed by atoms with van der Waals surface area (Å²) in [5, 5.41) is 5.46. The van der Waals surface area contributed by atoms with Gasteiger partial charge in [0.05, 0.1) is 0 Å². The largest absolute Gasteiger partial charge is 0.135 e. The van der Waals surface area contributed by atoms with E-state index in [-0.39, 0.29) is 0 Å². The van der Waals surface area contributed by atoms with Crippen LogP contribution < -0.4 is 0 Å². The van der Waals surface area contributed by atoms with Crippen molar-refractivity contribution >= 4 is 38.5 Å². The first-order valence-corrected chi connectivity index (χ1v) is 14.5. The SMILES string of the molecule is CC1=C(c2c3ccccc3c(-c3cccc(-c4ccc(-c5ccccc5)s4)c3)c3ccccc23)CCCC1. The zero-order valence-corrected chi connectivity index (χ0v) is 22.5. The molecule has 0 amide bonds. The molecule has 0 nitrogen and oxygen atoms in total. The van der Waals surface area contributed by atoms with Gasteiger partial charge in [0.15, 0.2) is 0 Å². The molecule has 0 aliphatic heterocycles. The maximum Gasteiger partial charge on any atom is 0.0349 e. The van der Waals surface area contributed by atoms with E-state index >= 15 is 0 Å². The Hall–Kier alpha value is -3.94. The third-order valence-corrected chi connectivity index (χ3v) is 9.26. The van der Waals surface area contributed by atoms with Gasteiger partial charge in [-0.2, -0.15) is 0 Å². The molecule has 1 heteroatoms. The molecule has 5 aromatic carbocycles. The number of hydrogen-bond donors (Lipinski definition) is 0. The predicted octanol–water partition coefficient (Wildman–Crippen LogP) is 11.4. The Labute approximate surface area is 228 Å². The van der Waals surface area contributed by atoms with Crippen LogP contribution in [-0.4, -0.2) is 0 Å². The van der Waals surface area contributed by atoms with Crippen LogP contribution >= 0.6 is 11.3 Å². The summed E-state index contributed by atoms with van der Waals surface area (Å²) in [6.07, 6.45) is 4.99. The number of benzene rings is 5. The summed E-state index contributed by atoms with van der Waals surface area (Å²) in [6.45, 7) is 2.35. The monoisotopic (exact) mass is 506 g/mol. The zero-order valence-electron chi connectivity index (χ0n) is 21.7. The molecular formula is C37H30S. The molecule has 0 saturated carbocycles. The molecule has 1 heterocycles. The van der Waals surface area contributed by atoms with Crippen molar-refractivity contribution in [2.45, 2.75) is 32.6 Å². The maximum atomic E-state index is 2.39. The molecule has 1 aliphatic rings. The molecular weight excluding hydrogens is 476 g/mol. The van der Waals surface area contributed by atoms with E-state index < -0.39 is 0 Å². The van der Waals surface area contributed by atoms with E-state index in [0.29, 0.717) is 0 Å². The van der Waals surface area contributed by atoms with Crippen LogP contribution in [-0.2, 0) is 0 Å². The van der Waals surface area contributed by atoms with Gasteiger partial charge < -0.3 is 0 Å². The van der Waals surface area contributed by atoms with Crippen LogP contribution in [0.5, 0.6) is 0 Å². The molecule has 38 heavy (non-hydrogen) atoms. The first-order chi connectivity index (χ1) is 18.8. The van der Waals surface area contributed by atoms with E-state index in [2.05, 4.69) is 122 Å². The first kappa shape index (κ1) is 23.2. The Balaban J connectivity index is 1.44. The summed E-state index contributed by atoms with van der Waals surface area (Å²) >= 11 is 1.87. The highest BCUT2D eigenvalue weighted by atomic mass is 32.1. The number of allylic oxidation sites excluding steroid dienone is 2. The first-order valence-electron chi connectivity index (χ1n) is 13.7. The topological polar surface area (TPSA) is 0 Å². The van der Waals surface area contributed by atoms with Crippen LogP contribution in [0.25, 0.3) is 59.1 Å². The Morgan fingerprint density at radius 1 is 0.474 bits per heavy atom. The highest BCUT2D eigenvalue weighted by Gasteiger charge is 2.20. The minimum atomic E-state index is 1.18. The second-order valence-corrected chi connectivity index (χ2v) is 11.5. The van der Waals surface area contributed by atoms with Gasteiger partial charge in [-0.1, -0.05) is 103 Å². The third-order valence-electron chi connectivity index (χ3n) is 8.08. The smallest absolute Gasteiger partial charge is 0.0349 e. The van der Waals surface area contributed by atoms with Gasteiger partial charge in [-0.3, -0.25) is 0 Å². The Bertz CT molecular complexity index is 1760. The zero-order chi connectivity index (χ0) is 25.5. The molecule has 0 bridgehead atoms. The minimum absolute atomic E-state index is 1.18. The molecule has 0 spiro atoms. The van der Waals surface area contributed by atoms with Gasteiger partial charge in [-0.15, -0.1) is 11.3 Å². The summed E-state index contributed by atoms with van der Waals surface area (Å²) < 4.78 is 0. The van der Waals surface area contributed by atoms with Gasteiger partial charge in [-0.05, 0) is 106 Å². The fourth-order valence-electron chi connectivity index (χ4n) is 6.24. The van der Waals surface area contributed by atoms with Crippen molar-refractivity contribution in [2.24, 2.45) is 0 Å². The van der Waals surface area contributed by atoms with Gasteiger partial charge in [-0.25, -0.2) is 0 Å². The van der Waals surface area contributed by atoms with Crippen LogP contribution in [0.1, 0.15) is 38.2 Å². The quantitative estimate of drug-likeness (QED) is 0.209. The Kier molecular flexibility index (Phi) is 5.95. The van der Waals surface area contributed by atoms with Crippen LogP contribution in [0, 0.1) is 0 Å². The van der Waals surface area contributed by atoms with Crippen LogP contribution in [0.4, 0.5) is 0 Å². The predicted molar refractivity (Wildman–Crippen MR) is 167 cm³/mol. The van der Waals surface area contributed by atoms with E-state index in [4.69, 9.17) is 0 Å².